The van der Waals surface area contributed by atoms with Crippen LogP contribution in [0.2, 0.25) is 0 Å². The molecule has 2 aliphatic rings. The van der Waals surface area contributed by atoms with Crippen molar-refractivity contribution in [1.29, 1.82) is 0 Å². The third-order valence-electron chi connectivity index (χ3n) is 7.09. The number of aliphatic carboxylic acids is 1. The van der Waals surface area contributed by atoms with Crippen LogP contribution in [-0.4, -0.2) is 65.9 Å². The summed E-state index contributed by atoms with van der Waals surface area (Å²) in [6.07, 6.45) is -0.493. The summed E-state index contributed by atoms with van der Waals surface area (Å²) in [5.74, 6) is -1.67. The largest absolute Gasteiger partial charge is 0.480 e. The number of methoxy groups -OCH3 is 1. The van der Waals surface area contributed by atoms with Gasteiger partial charge < -0.3 is 24.8 Å². The highest BCUT2D eigenvalue weighted by molar-refractivity contribution is 5.92. The first-order valence-corrected chi connectivity index (χ1v) is 11.5. The third kappa shape index (κ3) is 4.14. The van der Waals surface area contributed by atoms with Crippen molar-refractivity contribution in [2.24, 2.45) is 0 Å². The van der Waals surface area contributed by atoms with Crippen LogP contribution in [0.25, 0.3) is 11.1 Å². The van der Waals surface area contributed by atoms with Crippen LogP contribution in [0.1, 0.15) is 43.7 Å². The molecule has 0 radical (unpaired) electrons. The molecule has 8 heteroatoms. The molecule has 1 heterocycles. The van der Waals surface area contributed by atoms with E-state index in [0.717, 1.165) is 22.3 Å². The van der Waals surface area contributed by atoms with Gasteiger partial charge in [-0.2, -0.15) is 0 Å². The molecule has 180 valence electrons. The minimum absolute atomic E-state index is 0.110. The molecule has 34 heavy (non-hydrogen) atoms. The van der Waals surface area contributed by atoms with Crippen LogP contribution in [0.4, 0.5) is 4.79 Å². The van der Waals surface area contributed by atoms with E-state index < -0.39 is 35.7 Å². The summed E-state index contributed by atoms with van der Waals surface area (Å²) >= 11 is 0. The zero-order valence-corrected chi connectivity index (χ0v) is 19.6. The number of nitrogens with one attached hydrogen (secondary N) is 1. The number of alkyl carbamates (subject to hydrolysis) is 1. The average molecular weight is 467 g/mol. The van der Waals surface area contributed by atoms with Crippen LogP contribution in [0.3, 0.4) is 0 Å². The minimum atomic E-state index is -1.31. The Morgan fingerprint density at radius 2 is 1.71 bits per heavy atom. The molecule has 1 aliphatic carbocycles. The van der Waals surface area contributed by atoms with Crippen LogP contribution >= 0.6 is 0 Å². The molecule has 2 unspecified atom stereocenters. The van der Waals surface area contributed by atoms with Crippen molar-refractivity contribution in [1.82, 2.24) is 10.2 Å². The van der Waals surface area contributed by atoms with E-state index in [1.165, 1.54) is 18.9 Å². The first-order chi connectivity index (χ1) is 16.3. The maximum absolute atomic E-state index is 13.3. The van der Waals surface area contributed by atoms with Gasteiger partial charge in [0.2, 0.25) is 5.91 Å². The Morgan fingerprint density at radius 1 is 1.12 bits per heavy atom. The molecule has 2 aromatic rings. The second kappa shape index (κ2) is 9.46. The van der Waals surface area contributed by atoms with Gasteiger partial charge in [0.1, 0.15) is 18.2 Å². The van der Waals surface area contributed by atoms with E-state index in [4.69, 9.17) is 9.47 Å². The van der Waals surface area contributed by atoms with Gasteiger partial charge in [-0.1, -0.05) is 48.5 Å². The Bertz CT molecular complexity index is 1060. The molecule has 0 bridgehead atoms. The van der Waals surface area contributed by atoms with E-state index in [1.807, 2.05) is 36.4 Å². The smallest absolute Gasteiger partial charge is 0.407 e. The maximum atomic E-state index is 13.3. The molecule has 8 nitrogen and oxygen atoms in total. The van der Waals surface area contributed by atoms with Crippen molar-refractivity contribution in [2.75, 3.05) is 20.3 Å². The van der Waals surface area contributed by atoms with E-state index in [9.17, 15) is 19.5 Å². The molecule has 2 amide bonds. The molecule has 3 atom stereocenters. The van der Waals surface area contributed by atoms with E-state index in [0.29, 0.717) is 19.4 Å². The summed E-state index contributed by atoms with van der Waals surface area (Å²) in [5, 5.41) is 12.3. The van der Waals surface area contributed by atoms with Gasteiger partial charge >= 0.3 is 12.1 Å². The van der Waals surface area contributed by atoms with Gasteiger partial charge in [0.05, 0.1) is 6.10 Å². The number of carbonyl (C=O) groups is 3. The number of rotatable bonds is 7. The zero-order chi connectivity index (χ0) is 24.5. The zero-order valence-electron chi connectivity index (χ0n) is 19.6. The lowest BCUT2D eigenvalue weighted by Crippen LogP contribution is -2.60. The molecule has 2 aromatic carbocycles. The van der Waals surface area contributed by atoms with Crippen LogP contribution in [0.15, 0.2) is 48.5 Å². The van der Waals surface area contributed by atoms with Gasteiger partial charge in [-0.05, 0) is 48.9 Å². The summed E-state index contributed by atoms with van der Waals surface area (Å²) in [6, 6.07) is 15.0. The second-order valence-electron chi connectivity index (χ2n) is 9.06. The van der Waals surface area contributed by atoms with Gasteiger partial charge in [0, 0.05) is 19.6 Å². The maximum Gasteiger partial charge on any atom is 0.407 e. The molecule has 4 rings (SSSR count). The average Bonchev–Trinajstić information content (AvgIpc) is 3.39. The fourth-order valence-electron chi connectivity index (χ4n) is 4.99. The molecule has 1 aliphatic heterocycles. The van der Waals surface area contributed by atoms with E-state index in [1.54, 1.807) is 6.92 Å². The van der Waals surface area contributed by atoms with Crippen molar-refractivity contribution >= 4 is 18.0 Å². The first-order valence-electron chi connectivity index (χ1n) is 11.5. The molecule has 0 aromatic heterocycles. The van der Waals surface area contributed by atoms with Gasteiger partial charge in [-0.25, -0.2) is 9.59 Å². The number of ether oxygens (including phenoxy) is 2. The van der Waals surface area contributed by atoms with Crippen molar-refractivity contribution in [2.45, 2.75) is 50.3 Å². The van der Waals surface area contributed by atoms with Crippen molar-refractivity contribution in [3.05, 3.63) is 59.7 Å². The predicted molar refractivity (Wildman–Crippen MR) is 125 cm³/mol. The van der Waals surface area contributed by atoms with Crippen molar-refractivity contribution in [3.8, 4) is 11.1 Å². The van der Waals surface area contributed by atoms with Crippen LogP contribution in [0, 0.1) is 0 Å². The molecule has 0 spiro atoms. The molecule has 0 saturated carbocycles. The van der Waals surface area contributed by atoms with Crippen LogP contribution < -0.4 is 5.32 Å². The quantitative estimate of drug-likeness (QED) is 0.648. The predicted octanol–water partition coefficient (Wildman–Crippen LogP) is 3.39. The van der Waals surface area contributed by atoms with Gasteiger partial charge in [0.25, 0.3) is 0 Å². The number of amides is 2. The van der Waals surface area contributed by atoms with Crippen LogP contribution in [0.5, 0.6) is 0 Å². The SMILES string of the molecule is COC(C)C(NC(=O)OCC1c2ccccc2-c2ccccc21)C(=O)N1CCC[C@]1(C)C(=O)O. The van der Waals surface area contributed by atoms with Crippen molar-refractivity contribution in [3.63, 3.8) is 0 Å². The number of likely N-dealkylation sites (tertiary alicyclic amines) is 1. The fourth-order valence-corrected chi connectivity index (χ4v) is 4.99. The Labute approximate surface area is 198 Å². The first kappa shape index (κ1) is 23.8. The van der Waals surface area contributed by atoms with Gasteiger partial charge in [-0.3, -0.25) is 4.79 Å². The topological polar surface area (TPSA) is 105 Å². The molecule has 1 saturated heterocycles. The summed E-state index contributed by atoms with van der Waals surface area (Å²) in [7, 11) is 1.44. The Kier molecular flexibility index (Phi) is 6.61. The highest BCUT2D eigenvalue weighted by Gasteiger charge is 2.48. The lowest BCUT2D eigenvalue weighted by Gasteiger charge is -2.35. The van der Waals surface area contributed by atoms with Crippen molar-refractivity contribution < 1.29 is 29.0 Å². The Hall–Kier alpha value is -3.39. The number of carboxylic acid groups (broad SMARTS) is 1. The van der Waals surface area contributed by atoms with Crippen LogP contribution in [-0.2, 0) is 19.1 Å². The monoisotopic (exact) mass is 466 g/mol. The standard InChI is InChI=1S/C26H30N2O6/c1-16(33-3)22(23(29)28-14-8-13-26(28,2)24(30)31)27-25(32)34-15-21-19-11-6-4-9-17(19)18-10-5-7-12-20(18)21/h4-7,9-12,16,21-22H,8,13-15H2,1-3H3,(H,27,32)(H,30,31)/t16?,22?,26-/m1/s1. The molecule has 1 fully saturated rings. The number of benzene rings is 2. The number of hydrogen-bond donors (Lipinski definition) is 2. The summed E-state index contributed by atoms with van der Waals surface area (Å²) in [5.41, 5.74) is 3.10. The van der Waals surface area contributed by atoms with Gasteiger partial charge in [-0.15, -0.1) is 0 Å². The fraction of sp³-hybridized carbons (Fsp3) is 0.423. The lowest BCUT2D eigenvalue weighted by molar-refractivity contribution is -0.157. The van der Waals surface area contributed by atoms with E-state index in [-0.39, 0.29) is 12.5 Å². The van der Waals surface area contributed by atoms with E-state index in [2.05, 4.69) is 17.4 Å². The molecular formula is C26H30N2O6. The van der Waals surface area contributed by atoms with E-state index >= 15 is 0 Å². The second-order valence-corrected chi connectivity index (χ2v) is 9.06. The number of hydrogen-bond acceptors (Lipinski definition) is 5. The number of carboxylic acids is 1. The normalized spacial score (nSPS) is 20.9. The number of carbonyl (C=O) groups excluding carboxylic acids is 2. The Morgan fingerprint density at radius 3 is 2.26 bits per heavy atom. The summed E-state index contributed by atoms with van der Waals surface area (Å²) in [4.78, 5) is 39.2. The Balaban J connectivity index is 1.47. The lowest BCUT2D eigenvalue weighted by atomic mass is 9.98. The molecule has 2 N–H and O–H groups in total. The highest BCUT2D eigenvalue weighted by Crippen LogP contribution is 2.44. The number of nitrogens with zero attached hydrogens (tertiary/aromatic N) is 1. The third-order valence-corrected chi connectivity index (χ3v) is 7.09. The summed E-state index contributed by atoms with van der Waals surface area (Å²) in [6.45, 7) is 3.60. The minimum Gasteiger partial charge on any atom is -0.480 e. The summed E-state index contributed by atoms with van der Waals surface area (Å²) < 4.78 is 10.9. The van der Waals surface area contributed by atoms with Gasteiger partial charge in [0.15, 0.2) is 0 Å². The number of fused-ring (bicyclic) bond motifs is 3. The molecular weight excluding hydrogens is 436 g/mol. The highest BCUT2D eigenvalue weighted by atomic mass is 16.5.